The molecule has 0 unspecified atom stereocenters. The first-order valence-electron chi connectivity index (χ1n) is 5.85. The van der Waals surface area contributed by atoms with Crippen molar-refractivity contribution in [3.63, 3.8) is 0 Å². The van der Waals surface area contributed by atoms with Crippen molar-refractivity contribution in [3.8, 4) is 5.75 Å². The van der Waals surface area contributed by atoms with Crippen LogP contribution in [0.3, 0.4) is 0 Å². The fraction of sp³-hybridized carbons (Fsp3) is 0.571. The number of hydrogen-bond acceptors (Lipinski definition) is 2. The highest BCUT2D eigenvalue weighted by molar-refractivity contribution is 5.44. The van der Waals surface area contributed by atoms with Crippen LogP contribution in [0.25, 0.3) is 0 Å². The van der Waals surface area contributed by atoms with Gasteiger partial charge < -0.3 is 10.1 Å². The first-order valence-corrected chi connectivity index (χ1v) is 5.85. The molecule has 0 saturated carbocycles. The second-order valence-corrected chi connectivity index (χ2v) is 4.74. The molecule has 0 aliphatic carbocycles. The minimum atomic E-state index is -0.000409. The first-order chi connectivity index (χ1) is 7.42. The molecule has 0 heterocycles. The summed E-state index contributed by atoms with van der Waals surface area (Å²) in [4.78, 5) is 0. The van der Waals surface area contributed by atoms with Crippen LogP contribution < -0.4 is 10.1 Å². The molecule has 1 rings (SSSR count). The lowest BCUT2D eigenvalue weighted by atomic mass is 9.89. The molecule has 0 amide bonds. The summed E-state index contributed by atoms with van der Waals surface area (Å²) in [7, 11) is 1.99. The quantitative estimate of drug-likeness (QED) is 0.843. The highest BCUT2D eigenvalue weighted by Crippen LogP contribution is 2.29. The molecule has 0 aromatic heterocycles. The number of hydrogen-bond donors (Lipinski definition) is 1. The third kappa shape index (κ3) is 2.56. The van der Waals surface area contributed by atoms with Crippen molar-refractivity contribution in [2.45, 2.75) is 40.2 Å². The van der Waals surface area contributed by atoms with Gasteiger partial charge in [0, 0.05) is 5.54 Å². The third-order valence-corrected chi connectivity index (χ3v) is 3.12. The van der Waals surface area contributed by atoms with E-state index in [4.69, 9.17) is 4.74 Å². The van der Waals surface area contributed by atoms with E-state index < -0.39 is 0 Å². The summed E-state index contributed by atoms with van der Waals surface area (Å²) in [5.74, 6) is 0.996. The van der Waals surface area contributed by atoms with Crippen LogP contribution in [0.2, 0.25) is 0 Å². The van der Waals surface area contributed by atoms with Crippen LogP contribution in [0, 0.1) is 13.8 Å². The number of nitrogens with one attached hydrogen (secondary N) is 1. The maximum atomic E-state index is 5.60. The summed E-state index contributed by atoms with van der Waals surface area (Å²) >= 11 is 0. The third-order valence-electron chi connectivity index (χ3n) is 3.12. The van der Waals surface area contributed by atoms with Crippen LogP contribution in [-0.2, 0) is 5.54 Å². The summed E-state index contributed by atoms with van der Waals surface area (Å²) in [5, 5.41) is 3.34. The predicted octanol–water partition coefficient (Wildman–Crippen LogP) is 3.16. The average molecular weight is 221 g/mol. The molecule has 0 radical (unpaired) electrons. The van der Waals surface area contributed by atoms with Gasteiger partial charge in [-0.05, 0) is 64.4 Å². The van der Waals surface area contributed by atoms with Crippen molar-refractivity contribution in [3.05, 3.63) is 28.8 Å². The molecule has 0 aliphatic heterocycles. The molecule has 0 saturated heterocycles. The van der Waals surface area contributed by atoms with Gasteiger partial charge in [0.15, 0.2) is 0 Å². The second-order valence-electron chi connectivity index (χ2n) is 4.74. The van der Waals surface area contributed by atoms with Gasteiger partial charge in [-0.1, -0.05) is 6.07 Å². The van der Waals surface area contributed by atoms with Crippen molar-refractivity contribution < 1.29 is 4.74 Å². The van der Waals surface area contributed by atoms with Crippen LogP contribution in [0.15, 0.2) is 12.1 Å². The molecule has 0 aliphatic rings. The van der Waals surface area contributed by atoms with Crippen molar-refractivity contribution in [2.24, 2.45) is 0 Å². The Morgan fingerprint density at radius 2 is 1.81 bits per heavy atom. The normalized spacial score (nSPS) is 11.6. The molecule has 1 aromatic carbocycles. The lowest BCUT2D eigenvalue weighted by molar-refractivity contribution is 0.337. The monoisotopic (exact) mass is 221 g/mol. The van der Waals surface area contributed by atoms with Gasteiger partial charge in [0.2, 0.25) is 0 Å². The number of ether oxygens (including phenoxy) is 1. The Kier molecular flexibility index (Phi) is 3.98. The Hall–Kier alpha value is -1.02. The summed E-state index contributed by atoms with van der Waals surface area (Å²) in [6.07, 6.45) is 0. The van der Waals surface area contributed by atoms with E-state index in [-0.39, 0.29) is 5.54 Å². The summed E-state index contributed by atoms with van der Waals surface area (Å²) in [5.41, 5.74) is 3.80. The first kappa shape index (κ1) is 13.0. The van der Waals surface area contributed by atoms with E-state index >= 15 is 0 Å². The average Bonchev–Trinajstić information content (AvgIpc) is 2.23. The molecule has 1 aromatic rings. The molecule has 2 heteroatoms. The molecule has 0 bridgehead atoms. The van der Waals surface area contributed by atoms with Crippen LogP contribution in [0.5, 0.6) is 5.75 Å². The molecule has 0 spiro atoms. The molecule has 2 nitrogen and oxygen atoms in total. The van der Waals surface area contributed by atoms with E-state index in [1.165, 1.54) is 16.7 Å². The van der Waals surface area contributed by atoms with Crippen molar-refractivity contribution in [1.29, 1.82) is 0 Å². The van der Waals surface area contributed by atoms with Gasteiger partial charge in [-0.3, -0.25) is 0 Å². The van der Waals surface area contributed by atoms with Crippen LogP contribution in [-0.4, -0.2) is 13.7 Å². The maximum Gasteiger partial charge on any atom is 0.122 e. The molecule has 90 valence electrons. The molecule has 0 fully saturated rings. The van der Waals surface area contributed by atoms with E-state index in [1.54, 1.807) is 0 Å². The van der Waals surface area contributed by atoms with Gasteiger partial charge in [-0.2, -0.15) is 0 Å². The van der Waals surface area contributed by atoms with E-state index in [0.29, 0.717) is 0 Å². The lowest BCUT2D eigenvalue weighted by Crippen LogP contribution is -2.34. The van der Waals surface area contributed by atoms with Gasteiger partial charge in [0.25, 0.3) is 0 Å². The Balaban J connectivity index is 3.20. The van der Waals surface area contributed by atoms with Gasteiger partial charge in [0.05, 0.1) is 6.61 Å². The Morgan fingerprint density at radius 3 is 2.31 bits per heavy atom. The van der Waals surface area contributed by atoms with Crippen molar-refractivity contribution in [2.75, 3.05) is 13.7 Å². The van der Waals surface area contributed by atoms with Gasteiger partial charge in [0.1, 0.15) is 5.75 Å². The zero-order chi connectivity index (χ0) is 12.3. The summed E-state index contributed by atoms with van der Waals surface area (Å²) in [6.45, 7) is 11.3. The van der Waals surface area contributed by atoms with E-state index in [9.17, 15) is 0 Å². The second kappa shape index (κ2) is 4.88. The van der Waals surface area contributed by atoms with Crippen LogP contribution in [0.4, 0.5) is 0 Å². The van der Waals surface area contributed by atoms with E-state index in [0.717, 1.165) is 12.4 Å². The van der Waals surface area contributed by atoms with Gasteiger partial charge in [-0.25, -0.2) is 0 Å². The largest absolute Gasteiger partial charge is 0.494 e. The minimum Gasteiger partial charge on any atom is -0.494 e. The number of rotatable bonds is 4. The molecular weight excluding hydrogens is 198 g/mol. The van der Waals surface area contributed by atoms with Crippen molar-refractivity contribution >= 4 is 0 Å². The standard InChI is InChI=1S/C14H23NO/c1-7-16-13-9-10(2)12(8-11(13)3)14(4,5)15-6/h8-9,15H,7H2,1-6H3. The zero-order valence-corrected chi connectivity index (χ0v) is 11.3. The van der Waals surface area contributed by atoms with Crippen LogP contribution >= 0.6 is 0 Å². The summed E-state index contributed by atoms with van der Waals surface area (Å²) < 4.78 is 5.60. The smallest absolute Gasteiger partial charge is 0.122 e. The fourth-order valence-electron chi connectivity index (χ4n) is 1.91. The molecule has 0 atom stereocenters. The topological polar surface area (TPSA) is 21.3 Å². The van der Waals surface area contributed by atoms with Gasteiger partial charge in [-0.15, -0.1) is 0 Å². The summed E-state index contributed by atoms with van der Waals surface area (Å²) in [6, 6.07) is 4.35. The highest BCUT2D eigenvalue weighted by Gasteiger charge is 2.21. The molecule has 16 heavy (non-hydrogen) atoms. The zero-order valence-electron chi connectivity index (χ0n) is 11.3. The number of benzene rings is 1. The van der Waals surface area contributed by atoms with Gasteiger partial charge >= 0.3 is 0 Å². The predicted molar refractivity (Wildman–Crippen MR) is 69.2 cm³/mol. The Labute approximate surface area is 99.0 Å². The maximum absolute atomic E-state index is 5.60. The fourth-order valence-corrected chi connectivity index (χ4v) is 1.91. The van der Waals surface area contributed by atoms with E-state index in [2.05, 4.69) is 45.1 Å². The van der Waals surface area contributed by atoms with Crippen LogP contribution in [0.1, 0.15) is 37.5 Å². The highest BCUT2D eigenvalue weighted by atomic mass is 16.5. The minimum absolute atomic E-state index is 0.000409. The molecular formula is C14H23NO. The molecule has 1 N–H and O–H groups in total. The van der Waals surface area contributed by atoms with Crippen molar-refractivity contribution in [1.82, 2.24) is 5.32 Å². The lowest BCUT2D eigenvalue weighted by Gasteiger charge is -2.27. The Morgan fingerprint density at radius 1 is 1.19 bits per heavy atom. The van der Waals surface area contributed by atoms with E-state index in [1.807, 2.05) is 14.0 Å². The SMILES string of the molecule is CCOc1cc(C)c(C(C)(C)NC)cc1C. The number of aryl methyl sites for hydroxylation is 2. The Bertz CT molecular complexity index is 369.